The zero-order valence-electron chi connectivity index (χ0n) is 13.4. The summed E-state index contributed by atoms with van der Waals surface area (Å²) in [7, 11) is 0. The second kappa shape index (κ2) is 7.17. The Balaban J connectivity index is 1.51. The van der Waals surface area contributed by atoms with Crippen LogP contribution in [0.5, 0.6) is 0 Å². The highest BCUT2D eigenvalue weighted by molar-refractivity contribution is 7.80. The van der Waals surface area contributed by atoms with Crippen LogP contribution in [0, 0.1) is 5.92 Å². The van der Waals surface area contributed by atoms with Gasteiger partial charge in [-0.1, -0.05) is 30.3 Å². The zero-order chi connectivity index (χ0) is 17.1. The largest absolute Gasteiger partial charge is 0.481 e. The lowest BCUT2D eigenvalue weighted by molar-refractivity contribution is -0.141. The molecule has 2 saturated heterocycles. The molecule has 6 nitrogen and oxygen atoms in total. The second-order valence-electron chi connectivity index (χ2n) is 6.32. The summed E-state index contributed by atoms with van der Waals surface area (Å²) < 4.78 is 0. The number of hydrogen-bond acceptors (Lipinski definition) is 3. The van der Waals surface area contributed by atoms with Crippen LogP contribution >= 0.6 is 12.2 Å². The van der Waals surface area contributed by atoms with E-state index in [1.807, 2.05) is 30.3 Å². The Morgan fingerprint density at radius 2 is 2.04 bits per heavy atom. The molecule has 2 aliphatic heterocycles. The Morgan fingerprint density at radius 1 is 1.29 bits per heavy atom. The molecule has 2 aliphatic rings. The average molecular weight is 347 g/mol. The summed E-state index contributed by atoms with van der Waals surface area (Å²) in [4.78, 5) is 26.9. The number of likely N-dealkylation sites (tertiary alicyclic amines) is 2. The van der Waals surface area contributed by atoms with Crippen molar-refractivity contribution in [1.82, 2.24) is 15.1 Å². The highest BCUT2D eigenvalue weighted by atomic mass is 32.1. The van der Waals surface area contributed by atoms with E-state index in [1.165, 1.54) is 0 Å². The summed E-state index contributed by atoms with van der Waals surface area (Å²) in [6.45, 7) is 2.44. The van der Waals surface area contributed by atoms with Crippen molar-refractivity contribution in [2.45, 2.75) is 25.4 Å². The van der Waals surface area contributed by atoms with Gasteiger partial charge in [0, 0.05) is 32.6 Å². The van der Waals surface area contributed by atoms with E-state index in [4.69, 9.17) is 17.3 Å². The number of benzene rings is 1. The smallest absolute Gasteiger partial charge is 0.308 e. The van der Waals surface area contributed by atoms with E-state index in [-0.39, 0.29) is 18.4 Å². The molecular formula is C17H21N3O3S. The fourth-order valence-corrected chi connectivity index (χ4v) is 3.55. The van der Waals surface area contributed by atoms with Gasteiger partial charge in [0.15, 0.2) is 5.11 Å². The molecular weight excluding hydrogens is 326 g/mol. The Bertz CT molecular complexity index is 637. The topological polar surface area (TPSA) is 72.9 Å². The zero-order valence-corrected chi connectivity index (χ0v) is 14.2. The maximum atomic E-state index is 12.1. The number of carbonyl (C=O) groups excluding carboxylic acids is 1. The number of amides is 1. The van der Waals surface area contributed by atoms with Gasteiger partial charge in [-0.25, -0.2) is 0 Å². The van der Waals surface area contributed by atoms with E-state index < -0.39 is 11.9 Å². The molecule has 2 heterocycles. The Kier molecular flexibility index (Phi) is 4.99. The van der Waals surface area contributed by atoms with Crippen LogP contribution in [0.3, 0.4) is 0 Å². The first-order valence-electron chi connectivity index (χ1n) is 8.13. The molecule has 1 amide bonds. The number of carbonyl (C=O) groups is 2. The lowest BCUT2D eigenvalue weighted by Gasteiger charge is -2.25. The molecule has 24 heavy (non-hydrogen) atoms. The van der Waals surface area contributed by atoms with Crippen LogP contribution in [0.25, 0.3) is 0 Å². The van der Waals surface area contributed by atoms with Crippen LogP contribution in [0.1, 0.15) is 18.4 Å². The van der Waals surface area contributed by atoms with Crippen LogP contribution in [-0.2, 0) is 16.1 Å². The van der Waals surface area contributed by atoms with Gasteiger partial charge >= 0.3 is 5.97 Å². The average Bonchev–Trinajstić information content (AvgIpc) is 3.20. The Labute approximate surface area is 146 Å². The fraction of sp³-hybridized carbons (Fsp3) is 0.471. The third-order valence-electron chi connectivity index (χ3n) is 4.69. The fourth-order valence-electron chi connectivity index (χ4n) is 3.32. The number of aliphatic carboxylic acids is 1. The van der Waals surface area contributed by atoms with Gasteiger partial charge in [0.05, 0.1) is 12.0 Å². The molecule has 2 fully saturated rings. The number of carboxylic acids is 1. The second-order valence-corrected chi connectivity index (χ2v) is 6.70. The first kappa shape index (κ1) is 16.7. The molecule has 1 aromatic carbocycles. The molecule has 7 heteroatoms. The van der Waals surface area contributed by atoms with Crippen molar-refractivity contribution in [2.24, 2.45) is 5.92 Å². The van der Waals surface area contributed by atoms with Crippen LogP contribution in [0.4, 0.5) is 0 Å². The Hall–Kier alpha value is -2.15. The number of thiocarbonyl (C=S) groups is 1. The Morgan fingerprint density at radius 3 is 2.71 bits per heavy atom. The van der Waals surface area contributed by atoms with Gasteiger partial charge in [0.1, 0.15) is 0 Å². The molecule has 128 valence electrons. The molecule has 0 bridgehead atoms. The summed E-state index contributed by atoms with van der Waals surface area (Å²) in [6, 6.07) is 10.1. The predicted molar refractivity (Wildman–Crippen MR) is 93.3 cm³/mol. The summed E-state index contributed by atoms with van der Waals surface area (Å²) in [5, 5.41) is 13.0. The van der Waals surface area contributed by atoms with Crippen LogP contribution in [-0.4, -0.2) is 57.6 Å². The molecule has 1 aromatic rings. The SMILES string of the molecule is O=C(O)C1CC(=O)N(C2CCN(C(=S)NCc3ccccc3)C2)C1. The van der Waals surface area contributed by atoms with Crippen molar-refractivity contribution in [1.29, 1.82) is 0 Å². The number of hydrogen-bond donors (Lipinski definition) is 2. The first-order chi connectivity index (χ1) is 11.5. The van der Waals surface area contributed by atoms with Gasteiger partial charge < -0.3 is 20.2 Å². The summed E-state index contributed by atoms with van der Waals surface area (Å²) in [5.41, 5.74) is 1.16. The van der Waals surface area contributed by atoms with Gasteiger partial charge in [0.25, 0.3) is 0 Å². The van der Waals surface area contributed by atoms with E-state index in [0.717, 1.165) is 18.5 Å². The van der Waals surface area contributed by atoms with E-state index in [1.54, 1.807) is 4.90 Å². The van der Waals surface area contributed by atoms with Gasteiger partial charge in [-0.05, 0) is 24.2 Å². The third-order valence-corrected chi connectivity index (χ3v) is 5.09. The van der Waals surface area contributed by atoms with Gasteiger partial charge in [-0.2, -0.15) is 0 Å². The number of rotatable bonds is 4. The minimum Gasteiger partial charge on any atom is -0.481 e. The maximum Gasteiger partial charge on any atom is 0.308 e. The van der Waals surface area contributed by atoms with E-state index in [0.29, 0.717) is 24.7 Å². The number of nitrogens with zero attached hydrogens (tertiary/aromatic N) is 2. The van der Waals surface area contributed by atoms with E-state index in [9.17, 15) is 9.59 Å². The van der Waals surface area contributed by atoms with Crippen molar-refractivity contribution in [3.05, 3.63) is 35.9 Å². The van der Waals surface area contributed by atoms with Crippen LogP contribution in [0.2, 0.25) is 0 Å². The van der Waals surface area contributed by atoms with Crippen LogP contribution < -0.4 is 5.32 Å². The molecule has 2 N–H and O–H groups in total. The molecule has 0 spiro atoms. The minimum absolute atomic E-state index is 0.0540. The lowest BCUT2D eigenvalue weighted by atomic mass is 10.1. The van der Waals surface area contributed by atoms with Crippen molar-refractivity contribution in [2.75, 3.05) is 19.6 Å². The molecule has 3 rings (SSSR count). The maximum absolute atomic E-state index is 12.1. The predicted octanol–water partition coefficient (Wildman–Crippen LogP) is 1.07. The van der Waals surface area contributed by atoms with Crippen molar-refractivity contribution >= 4 is 29.2 Å². The van der Waals surface area contributed by atoms with Gasteiger partial charge in [0.2, 0.25) is 5.91 Å². The monoisotopic (exact) mass is 347 g/mol. The van der Waals surface area contributed by atoms with E-state index in [2.05, 4.69) is 10.2 Å². The lowest BCUT2D eigenvalue weighted by Crippen LogP contribution is -2.42. The molecule has 0 saturated carbocycles. The number of nitrogens with one attached hydrogen (secondary N) is 1. The molecule has 0 aliphatic carbocycles. The van der Waals surface area contributed by atoms with Crippen molar-refractivity contribution < 1.29 is 14.7 Å². The normalized spacial score (nSPS) is 23.6. The minimum atomic E-state index is -0.888. The molecule has 2 atom stereocenters. The highest BCUT2D eigenvalue weighted by Gasteiger charge is 2.40. The highest BCUT2D eigenvalue weighted by Crippen LogP contribution is 2.25. The number of carboxylic acid groups (broad SMARTS) is 1. The quantitative estimate of drug-likeness (QED) is 0.794. The summed E-state index contributed by atoms with van der Waals surface area (Å²) >= 11 is 5.45. The van der Waals surface area contributed by atoms with Crippen molar-refractivity contribution in [3.8, 4) is 0 Å². The van der Waals surface area contributed by atoms with E-state index >= 15 is 0 Å². The molecule has 0 radical (unpaired) electrons. The molecule has 0 aromatic heterocycles. The van der Waals surface area contributed by atoms with Gasteiger partial charge in [-0.3, -0.25) is 9.59 Å². The summed E-state index contributed by atoms with van der Waals surface area (Å²) in [6.07, 6.45) is 0.938. The van der Waals surface area contributed by atoms with Gasteiger partial charge in [-0.15, -0.1) is 0 Å². The summed E-state index contributed by atoms with van der Waals surface area (Å²) in [5.74, 6) is -1.52. The van der Waals surface area contributed by atoms with Crippen molar-refractivity contribution in [3.63, 3.8) is 0 Å². The molecule has 2 unspecified atom stereocenters. The standard InChI is InChI=1S/C17H21N3O3S/c21-15-8-13(16(22)23)10-20(15)14-6-7-19(11-14)17(24)18-9-12-4-2-1-3-5-12/h1-5,13-14H,6-11H2,(H,18,24)(H,22,23). The third kappa shape index (κ3) is 3.67. The first-order valence-corrected chi connectivity index (χ1v) is 8.54. The van der Waals surface area contributed by atoms with Crippen LogP contribution in [0.15, 0.2) is 30.3 Å².